The molecular weight excluding hydrogens is 296 g/mol. The number of thiophene rings is 1. The molecule has 0 radical (unpaired) electrons. The molecule has 5 heteroatoms. The lowest BCUT2D eigenvalue weighted by molar-refractivity contribution is -0.148. The molecule has 3 rings (SSSR count). The first kappa shape index (κ1) is 15.1. The van der Waals surface area contributed by atoms with Crippen LogP contribution in [0.25, 0.3) is 0 Å². The normalized spacial score (nSPS) is 15.2. The van der Waals surface area contributed by atoms with Gasteiger partial charge in [0.25, 0.3) is 0 Å². The van der Waals surface area contributed by atoms with Gasteiger partial charge in [-0.05, 0) is 17.0 Å². The minimum Gasteiger partial charge on any atom is -0.456 e. The van der Waals surface area contributed by atoms with Gasteiger partial charge in [-0.2, -0.15) is 0 Å². The molecule has 2 heterocycles. The quantitative estimate of drug-likeness (QED) is 0.859. The summed E-state index contributed by atoms with van der Waals surface area (Å²) in [5.41, 5.74) is 2.35. The highest BCUT2D eigenvalue weighted by molar-refractivity contribution is 7.14. The lowest BCUT2D eigenvalue weighted by atomic mass is 10.1. The fourth-order valence-corrected chi connectivity index (χ4v) is 3.55. The number of nitrogens with one attached hydrogen (secondary N) is 1. The summed E-state index contributed by atoms with van der Waals surface area (Å²) in [6, 6.07) is 12.1. The number of nitrogens with zero attached hydrogens (tertiary/aromatic N) is 1. The number of hydrogen-bond acceptors (Lipinski definition) is 5. The molecule has 1 atom stereocenters. The first-order valence-electron chi connectivity index (χ1n) is 7.54. The monoisotopic (exact) mass is 316 g/mol. The number of rotatable bonds is 5. The molecule has 1 aromatic heterocycles. The average Bonchev–Trinajstić information content (AvgIpc) is 3.04. The predicted octanol–water partition coefficient (Wildman–Crippen LogP) is 3.31. The van der Waals surface area contributed by atoms with Gasteiger partial charge in [-0.1, -0.05) is 37.3 Å². The van der Waals surface area contributed by atoms with Crippen molar-refractivity contribution in [1.82, 2.24) is 5.32 Å². The second-order valence-electron chi connectivity index (χ2n) is 5.30. The summed E-state index contributed by atoms with van der Waals surface area (Å²) in [5.74, 6) is -0.162. The first-order chi connectivity index (χ1) is 10.8. The number of ether oxygens (including phenoxy) is 1. The Morgan fingerprint density at radius 3 is 2.95 bits per heavy atom. The summed E-state index contributed by atoms with van der Waals surface area (Å²) in [4.78, 5) is 14.0. The number of fused-ring (bicyclic) bond motifs is 1. The van der Waals surface area contributed by atoms with Crippen LogP contribution in [0.1, 0.15) is 30.6 Å². The molecule has 1 aliphatic rings. The maximum Gasteiger partial charge on any atom is 0.306 e. The number of anilines is 1. The molecular formula is C17H20N2O2S. The molecule has 0 unspecified atom stereocenters. The Balaban J connectivity index is 1.80. The van der Waals surface area contributed by atoms with Crippen LogP contribution in [0.3, 0.4) is 0 Å². The van der Waals surface area contributed by atoms with E-state index in [2.05, 4.69) is 21.7 Å². The summed E-state index contributed by atoms with van der Waals surface area (Å²) in [6.07, 6.45) is 0.148. The molecule has 22 heavy (non-hydrogen) atoms. The Bertz CT molecular complexity index is 627. The Hall–Kier alpha value is -1.85. The predicted molar refractivity (Wildman–Crippen MR) is 88.9 cm³/mol. The van der Waals surface area contributed by atoms with Crippen molar-refractivity contribution in [1.29, 1.82) is 0 Å². The van der Waals surface area contributed by atoms with E-state index in [1.165, 1.54) is 10.6 Å². The molecule has 0 fully saturated rings. The molecule has 4 nitrogen and oxygen atoms in total. The van der Waals surface area contributed by atoms with E-state index < -0.39 is 0 Å². The molecule has 0 saturated carbocycles. The summed E-state index contributed by atoms with van der Waals surface area (Å²) in [7, 11) is 0. The van der Waals surface area contributed by atoms with Crippen LogP contribution in [0, 0.1) is 0 Å². The summed E-state index contributed by atoms with van der Waals surface area (Å²) >= 11 is 1.74. The van der Waals surface area contributed by atoms with E-state index in [4.69, 9.17) is 4.74 Å². The van der Waals surface area contributed by atoms with Crippen molar-refractivity contribution >= 4 is 22.3 Å². The van der Waals surface area contributed by atoms with Crippen LogP contribution in [-0.4, -0.2) is 19.2 Å². The van der Waals surface area contributed by atoms with Crippen molar-refractivity contribution in [3.05, 3.63) is 52.9 Å². The van der Waals surface area contributed by atoms with Crippen molar-refractivity contribution < 1.29 is 9.53 Å². The Morgan fingerprint density at radius 2 is 2.18 bits per heavy atom. The van der Waals surface area contributed by atoms with E-state index in [1.54, 1.807) is 11.3 Å². The van der Waals surface area contributed by atoms with E-state index in [1.807, 2.05) is 37.3 Å². The summed E-state index contributed by atoms with van der Waals surface area (Å²) in [5, 5.41) is 6.78. The maximum absolute atomic E-state index is 11.8. The molecule has 0 bridgehead atoms. The number of hydrogen-bond donors (Lipinski definition) is 1. The summed E-state index contributed by atoms with van der Waals surface area (Å²) < 4.78 is 5.68. The molecule has 1 aliphatic heterocycles. The zero-order valence-electron chi connectivity index (χ0n) is 12.6. The maximum atomic E-state index is 11.8. The van der Waals surface area contributed by atoms with Crippen LogP contribution >= 0.6 is 11.3 Å². The number of esters is 1. The minimum absolute atomic E-state index is 0.162. The highest BCUT2D eigenvalue weighted by atomic mass is 32.1. The van der Waals surface area contributed by atoms with Crippen LogP contribution in [0.4, 0.5) is 5.00 Å². The number of benzene rings is 1. The van der Waals surface area contributed by atoms with E-state index in [0.717, 1.165) is 18.8 Å². The second kappa shape index (κ2) is 6.94. The highest BCUT2D eigenvalue weighted by Gasteiger charge is 2.24. The lowest BCUT2D eigenvalue weighted by Crippen LogP contribution is -2.41. The van der Waals surface area contributed by atoms with Crippen LogP contribution in [-0.2, 0) is 16.1 Å². The van der Waals surface area contributed by atoms with Crippen molar-refractivity contribution in [2.24, 2.45) is 0 Å². The highest BCUT2D eigenvalue weighted by Crippen LogP contribution is 2.32. The average molecular weight is 316 g/mol. The third kappa shape index (κ3) is 3.31. The van der Waals surface area contributed by atoms with Crippen LogP contribution in [0.15, 0.2) is 41.8 Å². The molecule has 0 amide bonds. The molecule has 0 saturated heterocycles. The standard InChI is InChI=1S/C17H20N2O2S/c1-2-16(20)21-15(13-6-4-3-5-7-13)11-19-12-18-10-14-8-9-22-17(14)19/h3-9,15,18H,2,10-12H2,1H3/t15-/m0/s1. The SMILES string of the molecule is CCC(=O)O[C@@H](CN1CNCc2ccsc21)c1ccccc1. The van der Waals surface area contributed by atoms with Gasteiger partial charge in [0.05, 0.1) is 18.2 Å². The van der Waals surface area contributed by atoms with E-state index in [9.17, 15) is 4.79 Å². The third-order valence-electron chi connectivity index (χ3n) is 3.75. The van der Waals surface area contributed by atoms with E-state index in [0.29, 0.717) is 13.0 Å². The smallest absolute Gasteiger partial charge is 0.306 e. The van der Waals surface area contributed by atoms with Crippen molar-refractivity contribution in [3.8, 4) is 0 Å². The Labute approximate surface area is 134 Å². The molecule has 116 valence electrons. The minimum atomic E-state index is -0.247. The molecule has 0 aliphatic carbocycles. The number of carbonyl (C=O) groups is 1. The number of carbonyl (C=O) groups excluding carboxylic acids is 1. The van der Waals surface area contributed by atoms with Gasteiger partial charge in [0.2, 0.25) is 0 Å². The first-order valence-corrected chi connectivity index (χ1v) is 8.42. The zero-order chi connectivity index (χ0) is 15.4. The molecule has 0 spiro atoms. The van der Waals surface area contributed by atoms with Gasteiger partial charge in [0, 0.05) is 18.5 Å². The topological polar surface area (TPSA) is 41.6 Å². The van der Waals surface area contributed by atoms with E-state index in [-0.39, 0.29) is 12.1 Å². The third-order valence-corrected chi connectivity index (χ3v) is 4.76. The fraction of sp³-hybridized carbons (Fsp3) is 0.353. The van der Waals surface area contributed by atoms with Gasteiger partial charge in [-0.15, -0.1) is 11.3 Å². The van der Waals surface area contributed by atoms with Gasteiger partial charge in [0.1, 0.15) is 6.10 Å². The second-order valence-corrected chi connectivity index (χ2v) is 6.20. The van der Waals surface area contributed by atoms with Crippen LogP contribution in [0.2, 0.25) is 0 Å². The van der Waals surface area contributed by atoms with Crippen molar-refractivity contribution in [2.45, 2.75) is 26.0 Å². The van der Waals surface area contributed by atoms with Crippen molar-refractivity contribution in [3.63, 3.8) is 0 Å². The zero-order valence-corrected chi connectivity index (χ0v) is 13.4. The van der Waals surface area contributed by atoms with Crippen LogP contribution in [0.5, 0.6) is 0 Å². The van der Waals surface area contributed by atoms with Gasteiger partial charge < -0.3 is 9.64 Å². The fourth-order valence-electron chi connectivity index (χ4n) is 2.61. The lowest BCUT2D eigenvalue weighted by Gasteiger charge is -2.32. The molecule has 1 aromatic carbocycles. The molecule has 2 aromatic rings. The summed E-state index contributed by atoms with van der Waals surface area (Å²) in [6.45, 7) is 4.17. The Morgan fingerprint density at radius 1 is 1.36 bits per heavy atom. The van der Waals surface area contributed by atoms with E-state index >= 15 is 0 Å². The molecule has 1 N–H and O–H groups in total. The largest absolute Gasteiger partial charge is 0.456 e. The van der Waals surface area contributed by atoms with Gasteiger partial charge in [-0.3, -0.25) is 10.1 Å². The van der Waals surface area contributed by atoms with Crippen LogP contribution < -0.4 is 10.2 Å². The van der Waals surface area contributed by atoms with Gasteiger partial charge in [0.15, 0.2) is 0 Å². The Kier molecular flexibility index (Phi) is 4.75. The van der Waals surface area contributed by atoms with Gasteiger partial charge in [-0.25, -0.2) is 0 Å². The van der Waals surface area contributed by atoms with Crippen molar-refractivity contribution in [2.75, 3.05) is 18.1 Å². The van der Waals surface area contributed by atoms with Gasteiger partial charge >= 0.3 is 5.97 Å².